The maximum Gasteiger partial charge on any atom is 0.223 e. The highest BCUT2D eigenvalue weighted by molar-refractivity contribution is 6.30. The SMILES string of the molecule is Cc1nnc2n1-c1ccccc1C(c1ccc(Cl)cc1)=CC2CC(=O)N1CC(F)C1. The molecule has 0 radical (unpaired) electrons. The Labute approximate surface area is 178 Å². The Morgan fingerprint density at radius 1 is 1.13 bits per heavy atom. The summed E-state index contributed by atoms with van der Waals surface area (Å²) in [6.07, 6.45) is 1.38. The van der Waals surface area contributed by atoms with Crippen LogP contribution in [0.4, 0.5) is 4.39 Å². The van der Waals surface area contributed by atoms with Gasteiger partial charge in [0, 0.05) is 22.9 Å². The standard InChI is InChI=1S/C23H20ClFN4O/c1-14-26-27-23-16(11-22(30)28-12-18(25)13-28)10-20(15-6-8-17(24)9-7-15)19-4-2-3-5-21(19)29(14)23/h2-10,16,18H,11-13H2,1H3. The number of hydrogen-bond donors (Lipinski definition) is 0. The zero-order valence-corrected chi connectivity index (χ0v) is 17.2. The molecule has 152 valence electrons. The minimum Gasteiger partial charge on any atom is -0.337 e. The van der Waals surface area contributed by atoms with Gasteiger partial charge in [-0.3, -0.25) is 9.36 Å². The van der Waals surface area contributed by atoms with E-state index in [0.29, 0.717) is 5.02 Å². The lowest BCUT2D eigenvalue weighted by Crippen LogP contribution is -2.51. The van der Waals surface area contributed by atoms with Crippen LogP contribution in [0, 0.1) is 6.92 Å². The predicted octanol–water partition coefficient (Wildman–Crippen LogP) is 4.33. The van der Waals surface area contributed by atoms with Crippen molar-refractivity contribution < 1.29 is 9.18 Å². The molecule has 1 fully saturated rings. The van der Waals surface area contributed by atoms with E-state index in [1.54, 1.807) is 4.90 Å². The van der Waals surface area contributed by atoms with Crippen LogP contribution >= 0.6 is 11.6 Å². The van der Waals surface area contributed by atoms with E-state index >= 15 is 0 Å². The number of carbonyl (C=O) groups excluding carboxylic acids is 1. The van der Waals surface area contributed by atoms with Crippen molar-refractivity contribution in [3.8, 4) is 5.69 Å². The molecule has 0 bridgehead atoms. The number of carbonyl (C=O) groups is 1. The van der Waals surface area contributed by atoms with Crippen molar-refractivity contribution in [3.63, 3.8) is 0 Å². The Morgan fingerprint density at radius 3 is 2.60 bits per heavy atom. The fourth-order valence-electron chi connectivity index (χ4n) is 4.16. The van der Waals surface area contributed by atoms with E-state index in [1.807, 2.05) is 54.0 Å². The average Bonchev–Trinajstić information content (AvgIpc) is 3.04. The van der Waals surface area contributed by atoms with Crippen LogP contribution < -0.4 is 0 Å². The van der Waals surface area contributed by atoms with Crippen LogP contribution in [0.5, 0.6) is 0 Å². The van der Waals surface area contributed by atoms with Crippen molar-refractivity contribution in [2.24, 2.45) is 0 Å². The molecule has 7 heteroatoms. The summed E-state index contributed by atoms with van der Waals surface area (Å²) in [5.74, 6) is 1.12. The first-order valence-corrected chi connectivity index (χ1v) is 10.3. The number of benzene rings is 2. The molecule has 2 aliphatic heterocycles. The van der Waals surface area contributed by atoms with Crippen molar-refractivity contribution >= 4 is 23.1 Å². The zero-order chi connectivity index (χ0) is 20.8. The van der Waals surface area contributed by atoms with E-state index in [0.717, 1.165) is 34.0 Å². The minimum atomic E-state index is -0.918. The number of hydrogen-bond acceptors (Lipinski definition) is 3. The normalized spacial score (nSPS) is 18.2. The fraction of sp³-hybridized carbons (Fsp3) is 0.261. The predicted molar refractivity (Wildman–Crippen MR) is 113 cm³/mol. The average molecular weight is 423 g/mol. The highest BCUT2D eigenvalue weighted by atomic mass is 35.5. The first-order valence-electron chi connectivity index (χ1n) is 9.92. The fourth-order valence-corrected chi connectivity index (χ4v) is 4.28. The van der Waals surface area contributed by atoms with Gasteiger partial charge >= 0.3 is 0 Å². The summed E-state index contributed by atoms with van der Waals surface area (Å²) in [6.45, 7) is 2.25. The summed E-state index contributed by atoms with van der Waals surface area (Å²) in [5, 5.41) is 9.36. The Bertz CT molecular complexity index is 1150. The zero-order valence-electron chi connectivity index (χ0n) is 16.4. The second kappa shape index (κ2) is 7.36. The number of rotatable bonds is 3. The quantitative estimate of drug-likeness (QED) is 0.631. The number of fused-ring (bicyclic) bond motifs is 3. The number of para-hydroxylation sites is 1. The summed E-state index contributed by atoms with van der Waals surface area (Å²) in [7, 11) is 0. The smallest absolute Gasteiger partial charge is 0.223 e. The molecule has 3 aromatic rings. The second-order valence-electron chi connectivity index (χ2n) is 7.75. The van der Waals surface area contributed by atoms with Crippen LogP contribution in [-0.4, -0.2) is 44.8 Å². The largest absolute Gasteiger partial charge is 0.337 e. The van der Waals surface area contributed by atoms with Gasteiger partial charge in [-0.1, -0.05) is 48.0 Å². The van der Waals surface area contributed by atoms with Gasteiger partial charge < -0.3 is 4.90 Å². The maximum atomic E-state index is 13.3. The van der Waals surface area contributed by atoms with E-state index in [-0.39, 0.29) is 31.3 Å². The van der Waals surface area contributed by atoms with Gasteiger partial charge in [-0.25, -0.2) is 4.39 Å². The molecule has 0 saturated carbocycles. The molecule has 1 amide bonds. The Balaban J connectivity index is 1.64. The highest BCUT2D eigenvalue weighted by Gasteiger charge is 2.34. The number of halogens is 2. The Morgan fingerprint density at radius 2 is 1.87 bits per heavy atom. The molecular formula is C23H20ClFN4O. The van der Waals surface area contributed by atoms with Crippen molar-refractivity contribution in [1.29, 1.82) is 0 Å². The number of nitrogens with zero attached hydrogens (tertiary/aromatic N) is 4. The number of aromatic nitrogens is 3. The Kier molecular flexibility index (Phi) is 4.66. The summed E-state index contributed by atoms with van der Waals surface area (Å²) in [6, 6.07) is 15.7. The third-order valence-electron chi connectivity index (χ3n) is 5.72. The van der Waals surface area contributed by atoms with Gasteiger partial charge in [0.05, 0.1) is 18.8 Å². The van der Waals surface area contributed by atoms with Gasteiger partial charge in [0.1, 0.15) is 17.8 Å². The van der Waals surface area contributed by atoms with Gasteiger partial charge in [0.15, 0.2) is 0 Å². The van der Waals surface area contributed by atoms with Crippen LogP contribution in [0.25, 0.3) is 11.3 Å². The molecule has 1 saturated heterocycles. The molecule has 1 aromatic heterocycles. The van der Waals surface area contributed by atoms with Gasteiger partial charge in [0.25, 0.3) is 0 Å². The van der Waals surface area contributed by atoms with Crippen molar-refractivity contribution in [2.75, 3.05) is 13.1 Å². The number of allylic oxidation sites excluding steroid dienone is 1. The molecular weight excluding hydrogens is 403 g/mol. The first kappa shape index (κ1) is 19.0. The number of aryl methyl sites for hydroxylation is 1. The Hall–Kier alpha value is -2.99. The number of alkyl halides is 1. The summed E-state index contributed by atoms with van der Waals surface area (Å²) >= 11 is 6.10. The van der Waals surface area contributed by atoms with E-state index < -0.39 is 6.17 Å². The van der Waals surface area contributed by atoms with Crippen molar-refractivity contribution in [1.82, 2.24) is 19.7 Å². The molecule has 2 aliphatic rings. The molecule has 0 N–H and O–H groups in total. The van der Waals surface area contributed by atoms with Crippen molar-refractivity contribution in [3.05, 3.63) is 82.4 Å². The third kappa shape index (κ3) is 3.21. The lowest BCUT2D eigenvalue weighted by atomic mass is 9.92. The van der Waals surface area contributed by atoms with Crippen molar-refractivity contribution in [2.45, 2.75) is 25.4 Å². The topological polar surface area (TPSA) is 51.0 Å². The maximum absolute atomic E-state index is 13.3. The molecule has 1 atom stereocenters. The van der Waals surface area contributed by atoms with Gasteiger partial charge in [-0.15, -0.1) is 10.2 Å². The van der Waals surface area contributed by atoms with E-state index in [1.165, 1.54) is 0 Å². The summed E-state index contributed by atoms with van der Waals surface area (Å²) in [5.41, 5.74) is 4.02. The van der Waals surface area contributed by atoms with E-state index in [2.05, 4.69) is 22.3 Å². The summed E-state index contributed by atoms with van der Waals surface area (Å²) in [4.78, 5) is 14.3. The van der Waals surface area contributed by atoms with Crippen LogP contribution in [0.3, 0.4) is 0 Å². The number of amides is 1. The first-order chi connectivity index (χ1) is 14.5. The summed E-state index contributed by atoms with van der Waals surface area (Å²) < 4.78 is 15.3. The van der Waals surface area contributed by atoms with Crippen LogP contribution in [0.2, 0.25) is 5.02 Å². The van der Waals surface area contributed by atoms with Crippen LogP contribution in [-0.2, 0) is 4.79 Å². The second-order valence-corrected chi connectivity index (χ2v) is 8.19. The lowest BCUT2D eigenvalue weighted by Gasteiger charge is -2.35. The van der Waals surface area contributed by atoms with Crippen LogP contribution in [0.1, 0.15) is 35.1 Å². The molecule has 0 aliphatic carbocycles. The molecule has 5 rings (SSSR count). The molecule has 5 nitrogen and oxygen atoms in total. The molecule has 2 aromatic carbocycles. The molecule has 1 unspecified atom stereocenters. The minimum absolute atomic E-state index is 0.0706. The molecule has 30 heavy (non-hydrogen) atoms. The lowest BCUT2D eigenvalue weighted by molar-refractivity contribution is -0.138. The molecule has 3 heterocycles. The van der Waals surface area contributed by atoms with E-state index in [9.17, 15) is 9.18 Å². The third-order valence-corrected chi connectivity index (χ3v) is 5.98. The van der Waals surface area contributed by atoms with Gasteiger partial charge in [-0.05, 0) is 36.3 Å². The van der Waals surface area contributed by atoms with Gasteiger partial charge in [-0.2, -0.15) is 0 Å². The molecule has 0 spiro atoms. The number of likely N-dealkylation sites (tertiary alicyclic amines) is 1. The van der Waals surface area contributed by atoms with Gasteiger partial charge in [0.2, 0.25) is 5.91 Å². The van der Waals surface area contributed by atoms with E-state index in [4.69, 9.17) is 11.6 Å². The highest BCUT2D eigenvalue weighted by Crippen LogP contribution is 2.38. The monoisotopic (exact) mass is 422 g/mol. The van der Waals surface area contributed by atoms with Crippen LogP contribution in [0.15, 0.2) is 54.6 Å².